The monoisotopic (exact) mass is 473 g/mol. The molecule has 0 radical (unpaired) electrons. The Morgan fingerprint density at radius 1 is 0.719 bits per heavy atom. The second-order valence-corrected chi connectivity index (χ2v) is 10.7. The van der Waals surface area contributed by atoms with E-state index in [0.29, 0.717) is 22.6 Å². The van der Waals surface area contributed by atoms with Crippen LogP contribution in [0.4, 0.5) is 17.1 Å². The van der Waals surface area contributed by atoms with Gasteiger partial charge in [0.05, 0.1) is 16.8 Å². The van der Waals surface area contributed by atoms with Crippen LogP contribution in [0.3, 0.4) is 0 Å². The molecule has 0 unspecified atom stereocenters. The molecule has 0 heterocycles. The topological polar surface area (TPSA) is 121 Å². The number of hydrogen-bond donors (Lipinski definition) is 3. The van der Waals surface area contributed by atoms with Crippen molar-refractivity contribution in [2.45, 2.75) is 18.7 Å². The Labute approximate surface area is 187 Å². The first-order valence-electron chi connectivity index (χ1n) is 9.53. The fourth-order valence-electron chi connectivity index (χ4n) is 2.99. The minimum Gasteiger partial charge on any atom is -0.322 e. The summed E-state index contributed by atoms with van der Waals surface area (Å²) in [5.74, 6) is -0.417. The Morgan fingerprint density at radius 3 is 1.78 bits per heavy atom. The maximum Gasteiger partial charge on any atom is 0.261 e. The zero-order valence-corrected chi connectivity index (χ0v) is 19.3. The van der Waals surface area contributed by atoms with E-state index in [4.69, 9.17) is 0 Å². The van der Waals surface area contributed by atoms with Crippen LogP contribution in [-0.4, -0.2) is 29.0 Å². The number of nitrogens with one attached hydrogen (secondary N) is 3. The highest BCUT2D eigenvalue weighted by atomic mass is 32.2. The molecule has 10 heteroatoms. The van der Waals surface area contributed by atoms with Gasteiger partial charge in [0.2, 0.25) is 10.0 Å². The fraction of sp³-hybridized carbons (Fsp3) is 0.136. The SMILES string of the molecule is Cc1cccc(C)c1NS(=O)(=O)c1ccc(NC(=O)c2ccc(NS(C)(=O)=O)cc2)cc1. The maximum atomic E-state index is 12.7. The van der Waals surface area contributed by atoms with E-state index in [1.165, 1.54) is 48.5 Å². The first-order chi connectivity index (χ1) is 14.9. The molecule has 0 saturated carbocycles. The van der Waals surface area contributed by atoms with Gasteiger partial charge in [0.15, 0.2) is 0 Å². The molecule has 0 aromatic heterocycles. The first-order valence-corrected chi connectivity index (χ1v) is 12.9. The predicted molar refractivity (Wildman–Crippen MR) is 126 cm³/mol. The van der Waals surface area contributed by atoms with Gasteiger partial charge in [-0.05, 0) is 73.5 Å². The summed E-state index contributed by atoms with van der Waals surface area (Å²) in [7, 11) is -7.20. The third kappa shape index (κ3) is 5.86. The molecule has 0 bridgehead atoms. The van der Waals surface area contributed by atoms with Crippen LogP contribution < -0.4 is 14.8 Å². The largest absolute Gasteiger partial charge is 0.322 e. The smallest absolute Gasteiger partial charge is 0.261 e. The Bertz CT molecular complexity index is 1330. The Hall–Kier alpha value is -3.37. The number of para-hydroxylation sites is 1. The Morgan fingerprint density at radius 2 is 1.25 bits per heavy atom. The second kappa shape index (κ2) is 9.01. The molecule has 0 fully saturated rings. The van der Waals surface area contributed by atoms with Crippen LogP contribution in [-0.2, 0) is 20.0 Å². The Kier molecular flexibility index (Phi) is 6.56. The summed E-state index contributed by atoms with van der Waals surface area (Å²) < 4.78 is 52.9. The summed E-state index contributed by atoms with van der Waals surface area (Å²) in [5.41, 5.74) is 3.25. The van der Waals surface area contributed by atoms with Gasteiger partial charge in [-0.1, -0.05) is 18.2 Å². The van der Waals surface area contributed by atoms with Crippen LogP contribution in [0.25, 0.3) is 0 Å². The summed E-state index contributed by atoms with van der Waals surface area (Å²) in [6.45, 7) is 3.65. The number of rotatable bonds is 7. The molecule has 0 atom stereocenters. The van der Waals surface area contributed by atoms with Crippen molar-refractivity contribution in [1.29, 1.82) is 0 Å². The normalized spacial score (nSPS) is 11.6. The number of hydrogen-bond acceptors (Lipinski definition) is 5. The van der Waals surface area contributed by atoms with E-state index in [1.54, 1.807) is 0 Å². The molecule has 1 amide bonds. The first kappa shape index (κ1) is 23.3. The lowest BCUT2D eigenvalue weighted by atomic mass is 10.1. The van der Waals surface area contributed by atoms with Gasteiger partial charge in [0, 0.05) is 16.9 Å². The van der Waals surface area contributed by atoms with Gasteiger partial charge in [-0.25, -0.2) is 16.8 Å². The van der Waals surface area contributed by atoms with Crippen molar-refractivity contribution in [3.63, 3.8) is 0 Å². The van der Waals surface area contributed by atoms with Gasteiger partial charge in [0.1, 0.15) is 0 Å². The summed E-state index contributed by atoms with van der Waals surface area (Å²) in [6.07, 6.45) is 1.04. The summed E-state index contributed by atoms with van der Waals surface area (Å²) in [5, 5.41) is 2.68. The standard InChI is InChI=1S/C22H23N3O5S2/c1-15-5-4-6-16(2)21(15)25-32(29,30)20-13-11-18(12-14-20)23-22(26)17-7-9-19(10-8-17)24-31(3,27)28/h4-14,24-25H,1-3H3,(H,23,26). The van der Waals surface area contributed by atoms with E-state index in [-0.39, 0.29) is 4.90 Å². The Balaban J connectivity index is 1.71. The van der Waals surface area contributed by atoms with Crippen molar-refractivity contribution in [1.82, 2.24) is 0 Å². The van der Waals surface area contributed by atoms with Crippen LogP contribution in [0.1, 0.15) is 21.5 Å². The molecule has 3 aromatic rings. The average Bonchev–Trinajstić information content (AvgIpc) is 2.70. The highest BCUT2D eigenvalue weighted by Gasteiger charge is 2.17. The molecule has 0 saturated heterocycles. The highest BCUT2D eigenvalue weighted by Crippen LogP contribution is 2.24. The van der Waals surface area contributed by atoms with E-state index < -0.39 is 26.0 Å². The van der Waals surface area contributed by atoms with Crippen LogP contribution in [0.5, 0.6) is 0 Å². The van der Waals surface area contributed by atoms with Gasteiger partial charge < -0.3 is 5.32 Å². The summed E-state index contributed by atoms with van der Waals surface area (Å²) >= 11 is 0. The molecule has 168 valence electrons. The molecule has 0 aliphatic heterocycles. The van der Waals surface area contributed by atoms with Crippen molar-refractivity contribution in [3.05, 3.63) is 83.4 Å². The minimum absolute atomic E-state index is 0.0642. The van der Waals surface area contributed by atoms with Gasteiger partial charge >= 0.3 is 0 Å². The molecule has 0 aliphatic carbocycles. The van der Waals surface area contributed by atoms with Gasteiger partial charge in [-0.2, -0.15) is 0 Å². The number of carbonyl (C=O) groups excluding carboxylic acids is 1. The molecule has 32 heavy (non-hydrogen) atoms. The zero-order valence-electron chi connectivity index (χ0n) is 17.7. The summed E-state index contributed by atoms with van der Waals surface area (Å²) in [4.78, 5) is 12.5. The van der Waals surface area contributed by atoms with E-state index in [0.717, 1.165) is 17.4 Å². The number of anilines is 3. The van der Waals surface area contributed by atoms with Crippen LogP contribution >= 0.6 is 0 Å². The molecular formula is C22H23N3O5S2. The van der Waals surface area contributed by atoms with E-state index in [2.05, 4.69) is 14.8 Å². The lowest BCUT2D eigenvalue weighted by Gasteiger charge is -2.13. The van der Waals surface area contributed by atoms with E-state index in [9.17, 15) is 21.6 Å². The molecule has 8 nitrogen and oxygen atoms in total. The minimum atomic E-state index is -3.79. The second-order valence-electron chi connectivity index (χ2n) is 7.30. The lowest BCUT2D eigenvalue weighted by Crippen LogP contribution is -2.15. The molecule has 3 aromatic carbocycles. The maximum absolute atomic E-state index is 12.7. The zero-order chi connectivity index (χ0) is 23.5. The van der Waals surface area contributed by atoms with Crippen LogP contribution in [0, 0.1) is 13.8 Å². The fourth-order valence-corrected chi connectivity index (χ4v) is 4.76. The van der Waals surface area contributed by atoms with Crippen molar-refractivity contribution in [2.75, 3.05) is 21.0 Å². The van der Waals surface area contributed by atoms with E-state index in [1.807, 2.05) is 32.0 Å². The van der Waals surface area contributed by atoms with Gasteiger partial charge in [-0.3, -0.25) is 14.2 Å². The van der Waals surface area contributed by atoms with Crippen molar-refractivity contribution >= 4 is 43.0 Å². The van der Waals surface area contributed by atoms with Gasteiger partial charge in [-0.15, -0.1) is 0 Å². The number of aryl methyl sites for hydroxylation is 2. The number of sulfonamides is 2. The van der Waals surface area contributed by atoms with Crippen molar-refractivity contribution in [2.24, 2.45) is 0 Å². The lowest BCUT2D eigenvalue weighted by molar-refractivity contribution is 0.102. The number of benzene rings is 3. The molecule has 3 N–H and O–H groups in total. The van der Waals surface area contributed by atoms with Crippen molar-refractivity contribution < 1.29 is 21.6 Å². The average molecular weight is 474 g/mol. The third-order valence-corrected chi connectivity index (χ3v) is 6.56. The molecule has 3 rings (SSSR count). The molecule has 0 aliphatic rings. The number of amides is 1. The number of carbonyl (C=O) groups is 1. The third-order valence-electron chi connectivity index (χ3n) is 4.59. The van der Waals surface area contributed by atoms with Crippen LogP contribution in [0.15, 0.2) is 71.6 Å². The predicted octanol–water partition coefficient (Wildman–Crippen LogP) is 3.73. The quantitative estimate of drug-likeness (QED) is 0.483. The highest BCUT2D eigenvalue weighted by molar-refractivity contribution is 7.92. The molecular weight excluding hydrogens is 450 g/mol. The van der Waals surface area contributed by atoms with Gasteiger partial charge in [0.25, 0.3) is 15.9 Å². The van der Waals surface area contributed by atoms with Crippen LogP contribution in [0.2, 0.25) is 0 Å². The molecule has 0 spiro atoms. The van der Waals surface area contributed by atoms with Crippen molar-refractivity contribution in [3.8, 4) is 0 Å². The summed E-state index contributed by atoms with van der Waals surface area (Å²) in [6, 6.07) is 17.2. The van der Waals surface area contributed by atoms with E-state index >= 15 is 0 Å².